The normalized spacial score (nSPS) is 21.6. The number of hydrogen-bond donors (Lipinski definition) is 3. The van der Waals surface area contributed by atoms with Gasteiger partial charge in [-0.15, -0.1) is 0 Å². The fourth-order valence-electron chi connectivity index (χ4n) is 4.08. The lowest BCUT2D eigenvalue weighted by Crippen LogP contribution is -3.17. The van der Waals surface area contributed by atoms with Crippen LogP contribution in [-0.2, 0) is 6.54 Å². The number of rotatable bonds is 5. The molecule has 1 atom stereocenters. The summed E-state index contributed by atoms with van der Waals surface area (Å²) in [5.74, 6) is 1.25. The summed E-state index contributed by atoms with van der Waals surface area (Å²) in [7, 11) is 7.67. The lowest BCUT2D eigenvalue weighted by Gasteiger charge is -2.31. The molecular formula is C20H31N3O3+2. The van der Waals surface area contributed by atoms with Crippen molar-refractivity contribution in [1.82, 2.24) is 4.98 Å². The fourth-order valence-corrected chi connectivity index (χ4v) is 4.08. The number of ether oxygens (including phenoxy) is 2. The summed E-state index contributed by atoms with van der Waals surface area (Å²) in [6, 6.07) is 4.24. The van der Waals surface area contributed by atoms with Gasteiger partial charge in [0.1, 0.15) is 18.0 Å². The summed E-state index contributed by atoms with van der Waals surface area (Å²) in [6.07, 6.45) is 2.42. The van der Waals surface area contributed by atoms with Crippen molar-refractivity contribution in [2.24, 2.45) is 0 Å². The largest absolute Gasteiger partial charge is 0.496 e. The number of hydrogen-bond acceptors (Lipinski definition) is 3. The van der Waals surface area contributed by atoms with Crippen molar-refractivity contribution in [3.63, 3.8) is 0 Å². The van der Waals surface area contributed by atoms with Crippen LogP contribution in [0.15, 0.2) is 16.9 Å². The van der Waals surface area contributed by atoms with Crippen LogP contribution in [0.2, 0.25) is 0 Å². The first kappa shape index (κ1) is 18.7. The van der Waals surface area contributed by atoms with Crippen LogP contribution in [0.5, 0.6) is 11.5 Å². The van der Waals surface area contributed by atoms with Crippen LogP contribution in [-0.4, -0.2) is 52.4 Å². The molecule has 1 fully saturated rings. The summed E-state index contributed by atoms with van der Waals surface area (Å²) in [5.41, 5.74) is 2.50. The number of benzene rings is 1. The molecular weight excluding hydrogens is 330 g/mol. The van der Waals surface area contributed by atoms with Gasteiger partial charge < -0.3 is 24.3 Å². The first-order valence-electron chi connectivity index (χ1n) is 9.36. The Labute approximate surface area is 154 Å². The summed E-state index contributed by atoms with van der Waals surface area (Å²) in [6.45, 7) is 5.11. The van der Waals surface area contributed by atoms with Crippen molar-refractivity contribution in [2.75, 3.05) is 41.4 Å². The van der Waals surface area contributed by atoms with Gasteiger partial charge in [-0.1, -0.05) is 0 Å². The third-order valence-electron chi connectivity index (χ3n) is 5.83. The zero-order chi connectivity index (χ0) is 18.8. The van der Waals surface area contributed by atoms with E-state index < -0.39 is 0 Å². The highest BCUT2D eigenvalue weighted by molar-refractivity contribution is 5.90. The Hall–Kier alpha value is -2.05. The van der Waals surface area contributed by atoms with Gasteiger partial charge in [-0.05, 0) is 19.1 Å². The third-order valence-corrected chi connectivity index (χ3v) is 5.83. The van der Waals surface area contributed by atoms with Gasteiger partial charge in [0, 0.05) is 18.5 Å². The maximum absolute atomic E-state index is 13.3. The molecule has 1 unspecified atom stereocenters. The predicted octanol–water partition coefficient (Wildman–Crippen LogP) is -0.454. The molecule has 26 heavy (non-hydrogen) atoms. The van der Waals surface area contributed by atoms with Gasteiger partial charge in [-0.25, -0.2) is 0 Å². The number of likely N-dealkylation sites (tertiary alicyclic amines) is 1. The van der Waals surface area contributed by atoms with E-state index in [4.69, 9.17) is 9.47 Å². The van der Waals surface area contributed by atoms with E-state index in [9.17, 15) is 4.79 Å². The monoisotopic (exact) mass is 361 g/mol. The molecule has 1 saturated heterocycles. The van der Waals surface area contributed by atoms with E-state index >= 15 is 0 Å². The van der Waals surface area contributed by atoms with Crippen molar-refractivity contribution >= 4 is 10.9 Å². The Morgan fingerprint density at radius 2 is 1.81 bits per heavy atom. The van der Waals surface area contributed by atoms with Gasteiger partial charge in [0.15, 0.2) is 0 Å². The smallest absolute Gasteiger partial charge is 0.202 e. The second-order valence-electron chi connectivity index (χ2n) is 7.53. The van der Waals surface area contributed by atoms with Gasteiger partial charge in [0.05, 0.1) is 63.9 Å². The quantitative estimate of drug-likeness (QED) is 0.676. The predicted molar refractivity (Wildman–Crippen MR) is 103 cm³/mol. The molecule has 3 N–H and O–H groups in total. The highest BCUT2D eigenvalue weighted by Crippen LogP contribution is 2.30. The molecule has 0 saturated carbocycles. The first-order valence-corrected chi connectivity index (χ1v) is 9.36. The standard InChI is InChI=1S/C20H29N3O3/c1-13-15(12-23(3)14-8-10-22(2)11-9-14)20(24)18-16(25-4)6-7-17(26-5)19(18)21-13/h6-7,14H,8-12H2,1-5H3,(H,21,24)/p+2. The van der Waals surface area contributed by atoms with E-state index in [0.717, 1.165) is 17.8 Å². The van der Waals surface area contributed by atoms with Crippen LogP contribution in [0.25, 0.3) is 10.9 Å². The van der Waals surface area contributed by atoms with Crippen molar-refractivity contribution in [3.8, 4) is 11.5 Å². The second-order valence-corrected chi connectivity index (χ2v) is 7.53. The summed E-state index contributed by atoms with van der Waals surface area (Å²) in [5, 5.41) is 0.577. The molecule has 1 aromatic heterocycles. The summed E-state index contributed by atoms with van der Waals surface area (Å²) in [4.78, 5) is 19.7. The molecule has 3 rings (SSSR count). The van der Waals surface area contributed by atoms with Crippen LogP contribution in [0, 0.1) is 6.92 Å². The molecule has 0 amide bonds. The average Bonchev–Trinajstić information content (AvgIpc) is 2.64. The van der Waals surface area contributed by atoms with E-state index in [1.807, 2.05) is 13.0 Å². The highest BCUT2D eigenvalue weighted by Gasteiger charge is 2.27. The van der Waals surface area contributed by atoms with Gasteiger partial charge in [0.2, 0.25) is 5.43 Å². The Morgan fingerprint density at radius 1 is 1.19 bits per heavy atom. The third kappa shape index (κ3) is 3.44. The molecule has 0 aliphatic carbocycles. The molecule has 1 aromatic carbocycles. The number of methoxy groups -OCH3 is 2. The lowest BCUT2D eigenvalue weighted by molar-refractivity contribution is -0.948. The van der Waals surface area contributed by atoms with Crippen LogP contribution in [0.1, 0.15) is 24.1 Å². The molecule has 142 valence electrons. The van der Waals surface area contributed by atoms with Crippen molar-refractivity contribution in [1.29, 1.82) is 0 Å². The Kier molecular flexibility index (Phi) is 5.53. The molecule has 6 nitrogen and oxygen atoms in total. The molecule has 6 heteroatoms. The summed E-state index contributed by atoms with van der Waals surface area (Å²) < 4.78 is 10.9. The minimum Gasteiger partial charge on any atom is -0.496 e. The second kappa shape index (κ2) is 7.68. The number of quaternary nitrogens is 2. The molecule has 0 spiro atoms. The molecule has 0 bridgehead atoms. The molecule has 0 radical (unpaired) electrons. The van der Waals surface area contributed by atoms with Gasteiger partial charge in [-0.3, -0.25) is 4.79 Å². The van der Waals surface area contributed by atoms with E-state index in [-0.39, 0.29) is 5.43 Å². The number of fused-ring (bicyclic) bond motifs is 1. The van der Waals surface area contributed by atoms with Crippen LogP contribution in [0.4, 0.5) is 0 Å². The summed E-state index contributed by atoms with van der Waals surface area (Å²) >= 11 is 0. The first-order chi connectivity index (χ1) is 12.5. The van der Waals surface area contributed by atoms with Crippen molar-refractivity contribution in [2.45, 2.75) is 32.4 Å². The zero-order valence-corrected chi connectivity index (χ0v) is 16.5. The number of H-pyrrole nitrogens is 1. The van der Waals surface area contributed by atoms with Crippen LogP contribution >= 0.6 is 0 Å². The number of pyridine rings is 1. The van der Waals surface area contributed by atoms with Gasteiger partial charge >= 0.3 is 0 Å². The van der Waals surface area contributed by atoms with E-state index in [1.165, 1.54) is 30.8 Å². The number of aromatic amines is 1. The average molecular weight is 361 g/mol. The molecule has 2 aromatic rings. The molecule has 1 aliphatic rings. The van der Waals surface area contributed by atoms with Crippen molar-refractivity contribution < 1.29 is 19.3 Å². The maximum Gasteiger partial charge on any atom is 0.202 e. The van der Waals surface area contributed by atoms with E-state index in [0.29, 0.717) is 28.4 Å². The highest BCUT2D eigenvalue weighted by atomic mass is 16.5. The van der Waals surface area contributed by atoms with Gasteiger partial charge in [0.25, 0.3) is 0 Å². The minimum atomic E-state index is 0.0462. The number of nitrogens with one attached hydrogen (secondary N) is 3. The molecule has 2 heterocycles. The van der Waals surface area contributed by atoms with Crippen LogP contribution < -0.4 is 24.7 Å². The lowest BCUT2D eigenvalue weighted by atomic mass is 10.0. The van der Waals surface area contributed by atoms with E-state index in [1.54, 1.807) is 25.2 Å². The van der Waals surface area contributed by atoms with Crippen molar-refractivity contribution in [3.05, 3.63) is 33.6 Å². The Bertz CT molecular complexity index is 838. The fraction of sp³-hybridized carbons (Fsp3) is 0.550. The molecule has 1 aliphatic heterocycles. The number of piperidine rings is 1. The maximum atomic E-state index is 13.3. The number of aryl methyl sites for hydroxylation is 1. The Morgan fingerprint density at radius 3 is 2.42 bits per heavy atom. The topological polar surface area (TPSA) is 60.2 Å². The number of aromatic nitrogens is 1. The Balaban J connectivity index is 2.00. The van der Waals surface area contributed by atoms with Gasteiger partial charge in [-0.2, -0.15) is 0 Å². The SMILES string of the molecule is COc1ccc(OC)c2c(=O)c(C[NH+](C)C3CC[NH+](C)CC3)c(C)[nH]c12. The van der Waals surface area contributed by atoms with E-state index in [2.05, 4.69) is 19.1 Å². The van der Waals surface area contributed by atoms with Crippen LogP contribution in [0.3, 0.4) is 0 Å². The minimum absolute atomic E-state index is 0.0462. The zero-order valence-electron chi connectivity index (χ0n) is 16.5.